The Labute approximate surface area is 167 Å². The first kappa shape index (κ1) is 21.7. The summed E-state index contributed by atoms with van der Waals surface area (Å²) in [5.74, 6) is -2.29. The number of benzene rings is 2. The molecule has 0 saturated heterocycles. The summed E-state index contributed by atoms with van der Waals surface area (Å²) >= 11 is 0. The van der Waals surface area contributed by atoms with Crippen LogP contribution in [-0.4, -0.2) is 29.0 Å². The first-order chi connectivity index (χ1) is 13.7. The average molecular weight is 400 g/mol. The Hall–Kier alpha value is -3.62. The third kappa shape index (κ3) is 5.68. The molecule has 0 radical (unpaired) electrons. The van der Waals surface area contributed by atoms with Crippen LogP contribution in [-0.2, 0) is 4.79 Å². The predicted molar refractivity (Wildman–Crippen MR) is 106 cm³/mol. The van der Waals surface area contributed by atoms with Crippen LogP contribution < -0.4 is 10.7 Å². The highest BCUT2D eigenvalue weighted by atomic mass is 19.1. The summed E-state index contributed by atoms with van der Waals surface area (Å²) in [7, 11) is 0. The van der Waals surface area contributed by atoms with E-state index in [1.54, 1.807) is 32.9 Å². The Balaban J connectivity index is 2.07. The van der Waals surface area contributed by atoms with E-state index >= 15 is 0 Å². The number of hydrazone groups is 1. The number of amides is 2. The van der Waals surface area contributed by atoms with Gasteiger partial charge < -0.3 is 5.32 Å². The standard InChI is InChI=1S/C20H21FN4O4/c1-12(2)18(23-19(26)15-6-4-5-7-16(15)21)20(27)24-22-11-14-9-8-13(3)17(10-14)25(28)29/h4-12,18H,1-3H3,(H,23,26)(H,24,27)/b22-11+. The molecule has 0 aromatic heterocycles. The molecule has 29 heavy (non-hydrogen) atoms. The highest BCUT2D eigenvalue weighted by Gasteiger charge is 2.25. The van der Waals surface area contributed by atoms with E-state index in [1.807, 2.05) is 0 Å². The van der Waals surface area contributed by atoms with Crippen LogP contribution in [0.5, 0.6) is 0 Å². The number of carbonyl (C=O) groups excluding carboxylic acids is 2. The lowest BCUT2D eigenvalue weighted by atomic mass is 10.0. The molecule has 1 unspecified atom stereocenters. The molecule has 1 atom stereocenters. The topological polar surface area (TPSA) is 114 Å². The summed E-state index contributed by atoms with van der Waals surface area (Å²) in [4.78, 5) is 35.2. The van der Waals surface area contributed by atoms with Crippen LogP contribution in [0.15, 0.2) is 47.6 Å². The minimum atomic E-state index is -0.952. The fraction of sp³-hybridized carbons (Fsp3) is 0.250. The van der Waals surface area contributed by atoms with Gasteiger partial charge in [0.05, 0.1) is 16.7 Å². The third-order valence-corrected chi connectivity index (χ3v) is 4.17. The number of nitro benzene ring substituents is 1. The lowest BCUT2D eigenvalue weighted by Crippen LogP contribution is -2.48. The van der Waals surface area contributed by atoms with Gasteiger partial charge in [-0.15, -0.1) is 0 Å². The minimum Gasteiger partial charge on any atom is -0.340 e. The number of rotatable bonds is 7. The van der Waals surface area contributed by atoms with Crippen molar-refractivity contribution in [3.8, 4) is 0 Å². The van der Waals surface area contributed by atoms with Crippen molar-refractivity contribution in [2.24, 2.45) is 11.0 Å². The second kappa shape index (κ2) is 9.54. The van der Waals surface area contributed by atoms with Gasteiger partial charge in [-0.05, 0) is 25.0 Å². The van der Waals surface area contributed by atoms with Crippen LogP contribution in [0.25, 0.3) is 0 Å². The Kier molecular flexibility index (Phi) is 7.13. The Morgan fingerprint density at radius 1 is 1.21 bits per heavy atom. The van der Waals surface area contributed by atoms with E-state index in [4.69, 9.17) is 0 Å². The summed E-state index contributed by atoms with van der Waals surface area (Å²) in [6.07, 6.45) is 1.26. The first-order valence-corrected chi connectivity index (χ1v) is 8.84. The molecular weight excluding hydrogens is 379 g/mol. The molecule has 0 aliphatic heterocycles. The van der Waals surface area contributed by atoms with Gasteiger partial charge in [-0.3, -0.25) is 19.7 Å². The van der Waals surface area contributed by atoms with Gasteiger partial charge in [0.2, 0.25) is 0 Å². The van der Waals surface area contributed by atoms with Crippen molar-refractivity contribution in [2.45, 2.75) is 26.8 Å². The lowest BCUT2D eigenvalue weighted by molar-refractivity contribution is -0.385. The van der Waals surface area contributed by atoms with Crippen LogP contribution in [0.2, 0.25) is 0 Å². The fourth-order valence-corrected chi connectivity index (χ4v) is 2.54. The van der Waals surface area contributed by atoms with Crippen LogP contribution in [0.3, 0.4) is 0 Å². The summed E-state index contributed by atoms with van der Waals surface area (Å²) in [6, 6.07) is 9.05. The molecule has 0 bridgehead atoms. The van der Waals surface area contributed by atoms with Crippen molar-refractivity contribution in [1.82, 2.24) is 10.7 Å². The highest BCUT2D eigenvalue weighted by Crippen LogP contribution is 2.18. The van der Waals surface area contributed by atoms with Gasteiger partial charge in [-0.1, -0.05) is 38.1 Å². The number of hydrogen-bond donors (Lipinski definition) is 2. The normalized spacial score (nSPS) is 12.0. The monoisotopic (exact) mass is 400 g/mol. The molecule has 0 aliphatic carbocycles. The largest absolute Gasteiger partial charge is 0.340 e. The second-order valence-corrected chi connectivity index (χ2v) is 6.71. The van der Waals surface area contributed by atoms with Crippen LogP contribution in [0, 0.1) is 28.8 Å². The molecule has 9 heteroatoms. The number of carbonyl (C=O) groups is 2. The maximum atomic E-state index is 13.8. The van der Waals surface area contributed by atoms with E-state index in [0.717, 1.165) is 6.07 Å². The molecule has 0 saturated carbocycles. The molecule has 8 nitrogen and oxygen atoms in total. The van der Waals surface area contributed by atoms with Gasteiger partial charge in [-0.25, -0.2) is 9.82 Å². The Bertz CT molecular complexity index is 959. The van der Waals surface area contributed by atoms with E-state index in [1.165, 1.54) is 30.5 Å². The Morgan fingerprint density at radius 2 is 1.90 bits per heavy atom. The van der Waals surface area contributed by atoms with Gasteiger partial charge in [0.1, 0.15) is 11.9 Å². The number of halogens is 1. The SMILES string of the molecule is Cc1ccc(/C=N/NC(=O)C(NC(=O)c2ccccc2F)C(C)C)cc1[N+](=O)[O-]. The first-order valence-electron chi connectivity index (χ1n) is 8.84. The van der Waals surface area contributed by atoms with Crippen LogP contribution in [0.4, 0.5) is 10.1 Å². The van der Waals surface area contributed by atoms with Crippen molar-refractivity contribution in [2.75, 3.05) is 0 Å². The average Bonchev–Trinajstić information content (AvgIpc) is 2.67. The fourth-order valence-electron chi connectivity index (χ4n) is 2.54. The molecule has 2 aromatic carbocycles. The van der Waals surface area contributed by atoms with Gasteiger partial charge in [0, 0.05) is 17.2 Å². The smallest absolute Gasteiger partial charge is 0.272 e. The molecule has 0 aliphatic rings. The van der Waals surface area contributed by atoms with E-state index in [2.05, 4.69) is 15.8 Å². The number of aryl methyl sites for hydroxylation is 1. The highest BCUT2D eigenvalue weighted by molar-refractivity contribution is 5.98. The van der Waals surface area contributed by atoms with Crippen molar-refractivity contribution in [1.29, 1.82) is 0 Å². The summed E-state index contributed by atoms with van der Waals surface area (Å²) in [5.41, 5.74) is 3.01. The molecule has 2 N–H and O–H groups in total. The number of hydrogen-bond acceptors (Lipinski definition) is 5. The molecule has 2 amide bonds. The molecule has 0 heterocycles. The summed E-state index contributed by atoms with van der Waals surface area (Å²) in [6.45, 7) is 5.06. The van der Waals surface area contributed by atoms with Crippen molar-refractivity contribution >= 4 is 23.7 Å². The molecule has 2 rings (SSSR count). The molecule has 2 aromatic rings. The maximum absolute atomic E-state index is 13.8. The number of nitro groups is 1. The minimum absolute atomic E-state index is 0.0579. The predicted octanol–water partition coefficient (Wildman–Crippen LogP) is 2.95. The van der Waals surface area contributed by atoms with Crippen LogP contribution >= 0.6 is 0 Å². The van der Waals surface area contributed by atoms with Crippen LogP contribution in [0.1, 0.15) is 35.3 Å². The third-order valence-electron chi connectivity index (χ3n) is 4.17. The number of nitrogens with zero attached hydrogens (tertiary/aromatic N) is 2. The summed E-state index contributed by atoms with van der Waals surface area (Å²) < 4.78 is 13.8. The van der Waals surface area contributed by atoms with E-state index in [9.17, 15) is 24.1 Å². The van der Waals surface area contributed by atoms with E-state index in [0.29, 0.717) is 11.1 Å². The van der Waals surface area contributed by atoms with E-state index < -0.39 is 28.6 Å². The molecule has 0 spiro atoms. The van der Waals surface area contributed by atoms with Crippen molar-refractivity contribution in [3.63, 3.8) is 0 Å². The number of nitrogens with one attached hydrogen (secondary N) is 2. The van der Waals surface area contributed by atoms with E-state index in [-0.39, 0.29) is 17.2 Å². The van der Waals surface area contributed by atoms with Crippen molar-refractivity contribution < 1.29 is 18.9 Å². The molecule has 0 fully saturated rings. The zero-order valence-corrected chi connectivity index (χ0v) is 16.2. The van der Waals surface area contributed by atoms with Gasteiger partial charge in [0.25, 0.3) is 17.5 Å². The van der Waals surface area contributed by atoms with Gasteiger partial charge >= 0.3 is 0 Å². The zero-order chi connectivity index (χ0) is 21.6. The second-order valence-electron chi connectivity index (χ2n) is 6.71. The molecular formula is C20H21FN4O4. The maximum Gasteiger partial charge on any atom is 0.272 e. The van der Waals surface area contributed by atoms with Gasteiger partial charge in [-0.2, -0.15) is 5.10 Å². The zero-order valence-electron chi connectivity index (χ0n) is 16.2. The van der Waals surface area contributed by atoms with Crippen molar-refractivity contribution in [3.05, 3.63) is 75.1 Å². The molecule has 152 valence electrons. The van der Waals surface area contributed by atoms with Gasteiger partial charge in [0.15, 0.2) is 0 Å². The quantitative estimate of drug-likeness (QED) is 0.422. The Morgan fingerprint density at radius 3 is 2.52 bits per heavy atom. The lowest BCUT2D eigenvalue weighted by Gasteiger charge is -2.20. The summed E-state index contributed by atoms with van der Waals surface area (Å²) in [5, 5.41) is 17.3.